The molecule has 0 aliphatic heterocycles. The molecule has 1 heterocycles. The minimum absolute atomic E-state index is 0.638. The maximum Gasteiger partial charge on any atom is 0.0962 e. The molecule has 2 rings (SSSR count). The first-order chi connectivity index (χ1) is 6.22. The lowest BCUT2D eigenvalue weighted by atomic mass is 10.1. The fourth-order valence-corrected chi connectivity index (χ4v) is 2.76. The molecule has 3 atom stereocenters. The van der Waals surface area contributed by atoms with E-state index in [4.69, 9.17) is 4.98 Å². The molecule has 0 spiro atoms. The number of thiazole rings is 1. The van der Waals surface area contributed by atoms with Gasteiger partial charge < -0.3 is 0 Å². The van der Waals surface area contributed by atoms with Crippen LogP contribution in [0.2, 0.25) is 0 Å². The van der Waals surface area contributed by atoms with Crippen LogP contribution in [0.4, 0.5) is 0 Å². The molecule has 1 aromatic rings. The Morgan fingerprint density at radius 3 is 2.92 bits per heavy atom. The molecular weight excluding hydrogens is 178 g/mol. The fourth-order valence-electron chi connectivity index (χ4n) is 1.57. The molecule has 1 nitrogen and oxygen atoms in total. The summed E-state index contributed by atoms with van der Waals surface area (Å²) in [5, 5.41) is 3.62. The average Bonchev–Trinajstić information content (AvgIpc) is 2.70. The lowest BCUT2D eigenvalue weighted by Gasteiger charge is -2.02. The number of hydrogen-bond acceptors (Lipinski definition) is 2. The summed E-state index contributed by atoms with van der Waals surface area (Å²) < 4.78 is 0. The van der Waals surface area contributed by atoms with Crippen LogP contribution in [0.3, 0.4) is 0 Å². The number of hydrogen-bond donors (Lipinski definition) is 0. The lowest BCUT2D eigenvalue weighted by molar-refractivity contribution is 0.708. The van der Waals surface area contributed by atoms with Gasteiger partial charge in [-0.2, -0.15) is 0 Å². The van der Waals surface area contributed by atoms with Gasteiger partial charge in [0.05, 0.1) is 10.7 Å². The molecule has 1 aliphatic rings. The highest BCUT2D eigenvalue weighted by atomic mass is 32.1. The summed E-state index contributed by atoms with van der Waals surface area (Å²) in [7, 11) is 0. The summed E-state index contributed by atoms with van der Waals surface area (Å²) in [6.45, 7) is 6.80. The van der Waals surface area contributed by atoms with Gasteiger partial charge in [0.1, 0.15) is 0 Å². The van der Waals surface area contributed by atoms with Crippen LogP contribution in [0.5, 0.6) is 0 Å². The fraction of sp³-hybridized carbons (Fsp3) is 0.727. The van der Waals surface area contributed by atoms with E-state index >= 15 is 0 Å². The third-order valence-corrected chi connectivity index (χ3v) is 4.08. The van der Waals surface area contributed by atoms with Crippen molar-refractivity contribution in [3.05, 3.63) is 16.1 Å². The van der Waals surface area contributed by atoms with Crippen LogP contribution < -0.4 is 0 Å². The summed E-state index contributed by atoms with van der Waals surface area (Å²) in [5.41, 5.74) is 1.31. The van der Waals surface area contributed by atoms with Crippen molar-refractivity contribution in [1.82, 2.24) is 4.98 Å². The van der Waals surface area contributed by atoms with E-state index in [1.807, 2.05) is 11.3 Å². The largest absolute Gasteiger partial charge is 0.246 e. The zero-order valence-corrected chi connectivity index (χ0v) is 9.40. The Morgan fingerprint density at radius 1 is 1.69 bits per heavy atom. The molecule has 0 bridgehead atoms. The van der Waals surface area contributed by atoms with Crippen LogP contribution in [0.1, 0.15) is 56.2 Å². The van der Waals surface area contributed by atoms with Crippen molar-refractivity contribution >= 4 is 11.3 Å². The molecule has 13 heavy (non-hydrogen) atoms. The minimum Gasteiger partial charge on any atom is -0.246 e. The number of rotatable bonds is 3. The standard InChI is InChI=1S/C11H17NS/c1-4-7(2)10-6-13-11(12-10)9-5-8(9)3/h6-9H,4-5H2,1-3H3. The average molecular weight is 195 g/mol. The molecule has 3 unspecified atom stereocenters. The quantitative estimate of drug-likeness (QED) is 0.715. The monoisotopic (exact) mass is 195 g/mol. The van der Waals surface area contributed by atoms with Crippen molar-refractivity contribution in [3.63, 3.8) is 0 Å². The molecule has 1 aliphatic carbocycles. The van der Waals surface area contributed by atoms with E-state index < -0.39 is 0 Å². The SMILES string of the molecule is CCC(C)c1csc(C2CC2C)n1. The molecule has 0 radical (unpaired) electrons. The predicted molar refractivity (Wildman–Crippen MR) is 57.3 cm³/mol. The van der Waals surface area contributed by atoms with Crippen molar-refractivity contribution < 1.29 is 0 Å². The van der Waals surface area contributed by atoms with Gasteiger partial charge in [-0.1, -0.05) is 20.8 Å². The van der Waals surface area contributed by atoms with E-state index in [-0.39, 0.29) is 0 Å². The van der Waals surface area contributed by atoms with Crippen molar-refractivity contribution in [2.24, 2.45) is 5.92 Å². The van der Waals surface area contributed by atoms with Gasteiger partial charge in [0.15, 0.2) is 0 Å². The van der Waals surface area contributed by atoms with Gasteiger partial charge in [-0.05, 0) is 24.7 Å². The third kappa shape index (κ3) is 1.78. The summed E-state index contributed by atoms with van der Waals surface area (Å²) in [6.07, 6.45) is 2.55. The van der Waals surface area contributed by atoms with Gasteiger partial charge >= 0.3 is 0 Å². The van der Waals surface area contributed by atoms with Crippen LogP contribution >= 0.6 is 11.3 Å². The zero-order valence-electron chi connectivity index (χ0n) is 8.58. The van der Waals surface area contributed by atoms with E-state index in [0.29, 0.717) is 5.92 Å². The molecule has 0 amide bonds. The highest BCUT2D eigenvalue weighted by Crippen LogP contribution is 2.48. The van der Waals surface area contributed by atoms with E-state index in [1.165, 1.54) is 23.5 Å². The molecule has 2 heteroatoms. The molecule has 0 N–H and O–H groups in total. The van der Waals surface area contributed by atoms with Crippen LogP contribution in [0, 0.1) is 5.92 Å². The lowest BCUT2D eigenvalue weighted by Crippen LogP contribution is -1.91. The topological polar surface area (TPSA) is 12.9 Å². The second kappa shape index (κ2) is 3.41. The van der Waals surface area contributed by atoms with Gasteiger partial charge in [0.2, 0.25) is 0 Å². The molecule has 72 valence electrons. The molecule has 0 aromatic carbocycles. The molecular formula is C11H17NS. The van der Waals surface area contributed by atoms with Crippen molar-refractivity contribution in [3.8, 4) is 0 Å². The minimum atomic E-state index is 0.638. The Balaban J connectivity index is 2.09. The smallest absolute Gasteiger partial charge is 0.0962 e. The summed E-state index contributed by atoms with van der Waals surface area (Å²) in [5.74, 6) is 2.32. The van der Waals surface area contributed by atoms with Gasteiger partial charge in [-0.3, -0.25) is 0 Å². The summed E-state index contributed by atoms with van der Waals surface area (Å²) in [4.78, 5) is 4.71. The Morgan fingerprint density at radius 2 is 2.38 bits per heavy atom. The van der Waals surface area contributed by atoms with Crippen molar-refractivity contribution in [1.29, 1.82) is 0 Å². The first-order valence-electron chi connectivity index (χ1n) is 5.17. The van der Waals surface area contributed by atoms with E-state index in [2.05, 4.69) is 26.2 Å². The Labute approximate surface area is 84.2 Å². The molecule has 1 fully saturated rings. The summed E-state index contributed by atoms with van der Waals surface area (Å²) >= 11 is 1.86. The van der Waals surface area contributed by atoms with Gasteiger partial charge in [-0.15, -0.1) is 11.3 Å². The van der Waals surface area contributed by atoms with E-state index in [9.17, 15) is 0 Å². The number of nitrogens with zero attached hydrogens (tertiary/aromatic N) is 1. The Hall–Kier alpha value is -0.370. The Kier molecular flexibility index (Phi) is 2.41. The van der Waals surface area contributed by atoms with Crippen LogP contribution in [-0.2, 0) is 0 Å². The van der Waals surface area contributed by atoms with Crippen molar-refractivity contribution in [2.75, 3.05) is 0 Å². The third-order valence-electron chi connectivity index (χ3n) is 3.08. The van der Waals surface area contributed by atoms with Crippen LogP contribution in [-0.4, -0.2) is 4.98 Å². The normalized spacial score (nSPS) is 28.8. The van der Waals surface area contributed by atoms with Gasteiger partial charge in [0.25, 0.3) is 0 Å². The van der Waals surface area contributed by atoms with Gasteiger partial charge in [0, 0.05) is 11.3 Å². The second-order valence-corrected chi connectivity index (χ2v) is 5.13. The molecule has 1 saturated carbocycles. The van der Waals surface area contributed by atoms with E-state index in [0.717, 1.165) is 11.8 Å². The second-order valence-electron chi connectivity index (χ2n) is 4.24. The predicted octanol–water partition coefficient (Wildman–Crippen LogP) is 3.78. The summed E-state index contributed by atoms with van der Waals surface area (Å²) in [6, 6.07) is 0. The van der Waals surface area contributed by atoms with Gasteiger partial charge in [-0.25, -0.2) is 4.98 Å². The van der Waals surface area contributed by atoms with Crippen LogP contribution in [0.25, 0.3) is 0 Å². The molecule has 0 saturated heterocycles. The zero-order chi connectivity index (χ0) is 9.42. The van der Waals surface area contributed by atoms with Crippen molar-refractivity contribution in [2.45, 2.75) is 45.4 Å². The van der Waals surface area contributed by atoms with Crippen LogP contribution in [0.15, 0.2) is 5.38 Å². The molecule has 1 aromatic heterocycles. The van der Waals surface area contributed by atoms with E-state index in [1.54, 1.807) is 0 Å². The first-order valence-corrected chi connectivity index (χ1v) is 6.05. The Bertz CT molecular complexity index is 274. The highest BCUT2D eigenvalue weighted by Gasteiger charge is 2.36. The first kappa shape index (κ1) is 9.20. The highest BCUT2D eigenvalue weighted by molar-refractivity contribution is 7.09. The number of aromatic nitrogens is 1. The maximum absolute atomic E-state index is 4.71. The maximum atomic E-state index is 4.71.